The molecule has 0 heterocycles. The van der Waals surface area contributed by atoms with Gasteiger partial charge in [-0.25, -0.2) is 0 Å². The average molecular weight is 246 g/mol. The van der Waals surface area contributed by atoms with Gasteiger partial charge < -0.3 is 4.74 Å². The molecule has 2 unspecified atom stereocenters. The van der Waals surface area contributed by atoms with Crippen LogP contribution in [0, 0.1) is 11.3 Å². The fourth-order valence-electron chi connectivity index (χ4n) is 3.41. The monoisotopic (exact) mass is 246 g/mol. The second-order valence-electron chi connectivity index (χ2n) is 6.88. The van der Waals surface area contributed by atoms with E-state index in [0.29, 0.717) is 11.8 Å². The maximum atomic E-state index is 5.40. The molecule has 18 heavy (non-hydrogen) atoms. The van der Waals surface area contributed by atoms with Crippen molar-refractivity contribution in [1.29, 1.82) is 0 Å². The van der Waals surface area contributed by atoms with Gasteiger partial charge in [-0.15, -0.1) is 0 Å². The summed E-state index contributed by atoms with van der Waals surface area (Å²) in [5.41, 5.74) is 3.40. The predicted octanol–water partition coefficient (Wildman–Crippen LogP) is 4.75. The highest BCUT2D eigenvalue weighted by atomic mass is 16.5. The second kappa shape index (κ2) is 4.01. The van der Waals surface area contributed by atoms with E-state index in [9.17, 15) is 0 Å². The summed E-state index contributed by atoms with van der Waals surface area (Å²) in [4.78, 5) is 0. The van der Waals surface area contributed by atoms with Crippen molar-refractivity contribution in [2.24, 2.45) is 11.3 Å². The minimum atomic E-state index is 0.169. The van der Waals surface area contributed by atoms with Crippen molar-refractivity contribution in [2.75, 3.05) is 7.11 Å². The lowest BCUT2D eigenvalue weighted by atomic mass is 9.51. The molecular weight excluding hydrogens is 220 g/mol. The Morgan fingerprint density at radius 3 is 2.22 bits per heavy atom. The Hall–Kier alpha value is -0.980. The third-order valence-corrected chi connectivity index (χ3v) is 5.92. The molecule has 0 saturated carbocycles. The first-order valence-corrected chi connectivity index (χ1v) is 6.92. The molecule has 0 fully saturated rings. The summed E-state index contributed by atoms with van der Waals surface area (Å²) in [6, 6.07) is 6.59. The van der Waals surface area contributed by atoms with E-state index in [1.807, 2.05) is 0 Å². The topological polar surface area (TPSA) is 9.23 Å². The summed E-state index contributed by atoms with van der Waals surface area (Å²) in [7, 11) is 1.74. The van der Waals surface area contributed by atoms with Crippen molar-refractivity contribution in [3.63, 3.8) is 0 Å². The van der Waals surface area contributed by atoms with Crippen molar-refractivity contribution in [1.82, 2.24) is 0 Å². The van der Waals surface area contributed by atoms with Crippen LogP contribution in [-0.2, 0) is 5.41 Å². The Kier molecular flexibility index (Phi) is 3.00. The Labute approximate surface area is 112 Å². The fourth-order valence-corrected chi connectivity index (χ4v) is 3.41. The summed E-state index contributed by atoms with van der Waals surface area (Å²) in [6.45, 7) is 14.3. The molecule has 0 aliphatic heterocycles. The first kappa shape index (κ1) is 13.5. The number of benzene rings is 1. The fraction of sp³-hybridized carbons (Fsp3) is 0.647. The quantitative estimate of drug-likeness (QED) is 0.694. The maximum Gasteiger partial charge on any atom is 0.119 e. The van der Waals surface area contributed by atoms with Gasteiger partial charge in [0, 0.05) is 0 Å². The van der Waals surface area contributed by atoms with E-state index in [4.69, 9.17) is 4.74 Å². The zero-order valence-corrected chi connectivity index (χ0v) is 12.8. The van der Waals surface area contributed by atoms with E-state index in [2.05, 4.69) is 59.7 Å². The van der Waals surface area contributed by atoms with Gasteiger partial charge in [0.25, 0.3) is 0 Å². The summed E-state index contributed by atoms with van der Waals surface area (Å²) in [5.74, 6) is 2.25. The zero-order valence-electron chi connectivity index (χ0n) is 12.8. The molecule has 2 atom stereocenters. The van der Waals surface area contributed by atoms with Gasteiger partial charge in [0.15, 0.2) is 0 Å². The Balaban J connectivity index is 2.68. The molecule has 0 radical (unpaired) electrons. The van der Waals surface area contributed by atoms with Gasteiger partial charge in [-0.2, -0.15) is 0 Å². The zero-order chi connectivity index (χ0) is 13.7. The Bertz CT molecular complexity index is 457. The van der Waals surface area contributed by atoms with E-state index >= 15 is 0 Å². The summed E-state index contributed by atoms with van der Waals surface area (Å²) in [6.07, 6.45) is 0. The van der Waals surface area contributed by atoms with Crippen molar-refractivity contribution in [3.05, 3.63) is 29.3 Å². The SMILES string of the molecule is COc1ccc2c(c1)C(C)(C)C(C)(C)C(C)C2C. The molecule has 1 aliphatic carbocycles. The Morgan fingerprint density at radius 2 is 1.67 bits per heavy atom. The summed E-state index contributed by atoms with van der Waals surface area (Å²) >= 11 is 0. The molecule has 1 heteroatoms. The van der Waals surface area contributed by atoms with Gasteiger partial charge in [-0.05, 0) is 45.9 Å². The summed E-state index contributed by atoms with van der Waals surface area (Å²) < 4.78 is 5.40. The molecular formula is C17H26O. The number of rotatable bonds is 1. The van der Waals surface area contributed by atoms with E-state index in [0.717, 1.165) is 5.75 Å². The first-order valence-electron chi connectivity index (χ1n) is 6.92. The third kappa shape index (κ3) is 1.60. The van der Waals surface area contributed by atoms with Gasteiger partial charge in [-0.1, -0.05) is 47.6 Å². The Morgan fingerprint density at radius 1 is 1.06 bits per heavy atom. The van der Waals surface area contributed by atoms with Crippen LogP contribution in [0.4, 0.5) is 0 Å². The lowest BCUT2D eigenvalue weighted by Crippen LogP contribution is -2.47. The number of fused-ring (bicyclic) bond motifs is 1. The van der Waals surface area contributed by atoms with Gasteiger partial charge in [0.1, 0.15) is 5.75 Å². The molecule has 0 aromatic heterocycles. The number of hydrogen-bond donors (Lipinski definition) is 0. The predicted molar refractivity (Wildman–Crippen MR) is 77.4 cm³/mol. The van der Waals surface area contributed by atoms with Gasteiger partial charge in [0.2, 0.25) is 0 Å². The minimum absolute atomic E-state index is 0.169. The molecule has 1 aliphatic rings. The molecule has 100 valence electrons. The van der Waals surface area contributed by atoms with Gasteiger partial charge in [-0.3, -0.25) is 0 Å². The lowest BCUT2D eigenvalue weighted by molar-refractivity contribution is 0.0790. The van der Waals surface area contributed by atoms with Crippen molar-refractivity contribution in [2.45, 2.75) is 52.9 Å². The smallest absolute Gasteiger partial charge is 0.119 e. The summed E-state index contributed by atoms with van der Waals surface area (Å²) in [5, 5.41) is 0. The highest BCUT2D eigenvalue weighted by Crippen LogP contribution is 2.57. The van der Waals surface area contributed by atoms with Crippen molar-refractivity contribution in [3.8, 4) is 5.75 Å². The van der Waals surface area contributed by atoms with E-state index in [1.54, 1.807) is 7.11 Å². The number of methoxy groups -OCH3 is 1. The van der Waals surface area contributed by atoms with Crippen LogP contribution in [0.25, 0.3) is 0 Å². The highest BCUT2D eigenvalue weighted by molar-refractivity contribution is 5.45. The van der Waals surface area contributed by atoms with Crippen LogP contribution in [0.3, 0.4) is 0 Å². The molecule has 0 N–H and O–H groups in total. The number of ether oxygens (including phenoxy) is 1. The average Bonchev–Trinajstić information content (AvgIpc) is 2.34. The largest absolute Gasteiger partial charge is 0.497 e. The highest BCUT2D eigenvalue weighted by Gasteiger charge is 2.49. The molecule has 2 rings (SSSR count). The van der Waals surface area contributed by atoms with Crippen LogP contribution in [0.15, 0.2) is 18.2 Å². The van der Waals surface area contributed by atoms with Crippen LogP contribution >= 0.6 is 0 Å². The minimum Gasteiger partial charge on any atom is -0.497 e. The van der Waals surface area contributed by atoms with Crippen LogP contribution in [0.2, 0.25) is 0 Å². The molecule has 1 aromatic carbocycles. The van der Waals surface area contributed by atoms with Crippen molar-refractivity contribution < 1.29 is 4.74 Å². The van der Waals surface area contributed by atoms with E-state index < -0.39 is 0 Å². The van der Waals surface area contributed by atoms with Crippen molar-refractivity contribution >= 4 is 0 Å². The molecule has 0 spiro atoms. The molecule has 0 saturated heterocycles. The van der Waals surface area contributed by atoms with E-state index in [-0.39, 0.29) is 10.8 Å². The first-order chi connectivity index (χ1) is 8.23. The maximum absolute atomic E-state index is 5.40. The second-order valence-corrected chi connectivity index (χ2v) is 6.88. The van der Waals surface area contributed by atoms with Crippen LogP contribution in [-0.4, -0.2) is 7.11 Å². The van der Waals surface area contributed by atoms with Gasteiger partial charge >= 0.3 is 0 Å². The molecule has 0 bridgehead atoms. The van der Waals surface area contributed by atoms with E-state index in [1.165, 1.54) is 11.1 Å². The number of hydrogen-bond acceptors (Lipinski definition) is 1. The van der Waals surface area contributed by atoms with Crippen LogP contribution < -0.4 is 4.74 Å². The molecule has 0 amide bonds. The molecule has 1 nitrogen and oxygen atoms in total. The normalized spacial score (nSPS) is 28.6. The van der Waals surface area contributed by atoms with Crippen LogP contribution in [0.1, 0.15) is 58.6 Å². The van der Waals surface area contributed by atoms with Crippen LogP contribution in [0.5, 0.6) is 5.75 Å². The lowest BCUT2D eigenvalue weighted by Gasteiger charge is -2.53. The standard InChI is InChI=1S/C17H26O/c1-11-12(2)16(3,4)17(5,6)15-10-13(18-7)8-9-14(11)15/h8-12H,1-7H3. The molecule has 1 aromatic rings. The third-order valence-electron chi connectivity index (χ3n) is 5.92. The van der Waals surface area contributed by atoms with Gasteiger partial charge in [0.05, 0.1) is 7.11 Å².